The Labute approximate surface area is 111 Å². The molecule has 0 aromatic carbocycles. The standard InChI is InChI=1S/C12H19N3O2S/c1-9(5-10-7-18-8-13-10)12(17)15(4)6-11(16)14(2)3/h7-9H,5-6H2,1-4H3. The highest BCUT2D eigenvalue weighted by molar-refractivity contribution is 7.07. The van der Waals surface area contributed by atoms with E-state index >= 15 is 0 Å². The van der Waals surface area contributed by atoms with Gasteiger partial charge in [-0.1, -0.05) is 6.92 Å². The van der Waals surface area contributed by atoms with Gasteiger partial charge in [0.1, 0.15) is 0 Å². The van der Waals surface area contributed by atoms with Crippen LogP contribution in [0.25, 0.3) is 0 Å². The Morgan fingerprint density at radius 3 is 2.56 bits per heavy atom. The second-order valence-corrected chi connectivity index (χ2v) is 5.29. The molecule has 100 valence electrons. The number of thiazole rings is 1. The zero-order chi connectivity index (χ0) is 13.7. The fourth-order valence-corrected chi connectivity index (χ4v) is 2.11. The first kappa shape index (κ1) is 14.6. The lowest BCUT2D eigenvalue weighted by Gasteiger charge is -2.22. The van der Waals surface area contributed by atoms with Crippen LogP contribution < -0.4 is 0 Å². The molecular formula is C12H19N3O2S. The van der Waals surface area contributed by atoms with Crippen LogP contribution in [0.5, 0.6) is 0 Å². The van der Waals surface area contributed by atoms with E-state index in [0.29, 0.717) is 6.42 Å². The van der Waals surface area contributed by atoms with Gasteiger partial charge in [0.2, 0.25) is 11.8 Å². The molecule has 0 bridgehead atoms. The normalized spacial score (nSPS) is 12.0. The predicted molar refractivity (Wildman–Crippen MR) is 71.3 cm³/mol. The minimum absolute atomic E-state index is 0.0294. The van der Waals surface area contributed by atoms with Crippen LogP contribution in [0.3, 0.4) is 0 Å². The topological polar surface area (TPSA) is 53.5 Å². The Morgan fingerprint density at radius 2 is 2.06 bits per heavy atom. The minimum atomic E-state index is -0.160. The second-order valence-electron chi connectivity index (χ2n) is 4.57. The molecule has 1 rings (SSSR count). The van der Waals surface area contributed by atoms with Gasteiger partial charge in [-0.25, -0.2) is 4.98 Å². The molecule has 1 aromatic rings. The molecule has 1 aromatic heterocycles. The first-order valence-electron chi connectivity index (χ1n) is 5.74. The van der Waals surface area contributed by atoms with Crippen molar-refractivity contribution in [2.45, 2.75) is 13.3 Å². The van der Waals surface area contributed by atoms with Crippen molar-refractivity contribution in [1.29, 1.82) is 0 Å². The molecule has 1 atom stereocenters. The summed E-state index contributed by atoms with van der Waals surface area (Å²) in [5.74, 6) is -0.267. The van der Waals surface area contributed by atoms with Crippen LogP contribution in [-0.4, -0.2) is 54.3 Å². The maximum atomic E-state index is 12.1. The summed E-state index contributed by atoms with van der Waals surface area (Å²) in [7, 11) is 5.01. The van der Waals surface area contributed by atoms with E-state index in [9.17, 15) is 9.59 Å². The minimum Gasteiger partial charge on any atom is -0.347 e. The number of hydrogen-bond acceptors (Lipinski definition) is 4. The van der Waals surface area contributed by atoms with Crippen LogP contribution in [0, 0.1) is 5.92 Å². The highest BCUT2D eigenvalue weighted by Crippen LogP contribution is 2.11. The summed E-state index contributed by atoms with van der Waals surface area (Å²) < 4.78 is 0. The van der Waals surface area contributed by atoms with Gasteiger partial charge in [0, 0.05) is 38.9 Å². The smallest absolute Gasteiger partial charge is 0.241 e. The first-order chi connectivity index (χ1) is 8.41. The summed E-state index contributed by atoms with van der Waals surface area (Å²) in [4.78, 5) is 30.7. The number of likely N-dealkylation sites (N-methyl/N-ethyl adjacent to an activating group) is 2. The van der Waals surface area contributed by atoms with Gasteiger partial charge in [-0.3, -0.25) is 9.59 Å². The molecule has 0 saturated heterocycles. The predicted octanol–water partition coefficient (Wildman–Crippen LogP) is 0.868. The number of rotatable bonds is 5. The van der Waals surface area contributed by atoms with Gasteiger partial charge in [-0.2, -0.15) is 0 Å². The van der Waals surface area contributed by atoms with E-state index in [1.165, 1.54) is 21.1 Å². The van der Waals surface area contributed by atoms with Crippen LogP contribution in [-0.2, 0) is 16.0 Å². The van der Waals surface area contributed by atoms with Crippen molar-refractivity contribution in [2.75, 3.05) is 27.7 Å². The number of carbonyl (C=O) groups is 2. The van der Waals surface area contributed by atoms with E-state index in [2.05, 4.69) is 4.98 Å². The maximum Gasteiger partial charge on any atom is 0.241 e. The number of carbonyl (C=O) groups excluding carboxylic acids is 2. The Bertz CT molecular complexity index is 403. The lowest BCUT2D eigenvalue weighted by atomic mass is 10.0. The quantitative estimate of drug-likeness (QED) is 0.797. The Kier molecular flexibility index (Phi) is 5.27. The number of hydrogen-bond donors (Lipinski definition) is 0. The molecule has 0 aliphatic rings. The van der Waals surface area contributed by atoms with E-state index in [4.69, 9.17) is 0 Å². The monoisotopic (exact) mass is 269 g/mol. The maximum absolute atomic E-state index is 12.1. The van der Waals surface area contributed by atoms with Crippen molar-refractivity contribution in [3.8, 4) is 0 Å². The van der Waals surface area contributed by atoms with Gasteiger partial charge in [-0.15, -0.1) is 11.3 Å². The van der Waals surface area contributed by atoms with E-state index in [1.807, 2.05) is 12.3 Å². The van der Waals surface area contributed by atoms with Crippen molar-refractivity contribution < 1.29 is 9.59 Å². The van der Waals surface area contributed by atoms with Crippen molar-refractivity contribution in [1.82, 2.24) is 14.8 Å². The first-order valence-corrected chi connectivity index (χ1v) is 6.68. The molecule has 0 fully saturated rings. The third-order valence-electron chi connectivity index (χ3n) is 2.67. The summed E-state index contributed by atoms with van der Waals surface area (Å²) >= 11 is 1.52. The highest BCUT2D eigenvalue weighted by Gasteiger charge is 2.20. The molecule has 18 heavy (non-hydrogen) atoms. The lowest BCUT2D eigenvalue weighted by molar-refractivity contribution is -0.140. The van der Waals surface area contributed by atoms with Gasteiger partial charge < -0.3 is 9.80 Å². The van der Waals surface area contributed by atoms with Crippen LogP contribution in [0.2, 0.25) is 0 Å². The van der Waals surface area contributed by atoms with Gasteiger partial charge in [0.05, 0.1) is 17.7 Å². The fraction of sp³-hybridized carbons (Fsp3) is 0.583. The van der Waals surface area contributed by atoms with Gasteiger partial charge in [-0.05, 0) is 0 Å². The average molecular weight is 269 g/mol. The molecule has 0 aliphatic carbocycles. The zero-order valence-corrected chi connectivity index (χ0v) is 12.0. The van der Waals surface area contributed by atoms with Crippen molar-refractivity contribution in [3.63, 3.8) is 0 Å². The Morgan fingerprint density at radius 1 is 1.39 bits per heavy atom. The lowest BCUT2D eigenvalue weighted by Crippen LogP contribution is -2.40. The molecule has 1 heterocycles. The van der Waals surface area contributed by atoms with E-state index in [-0.39, 0.29) is 24.3 Å². The summed E-state index contributed by atoms with van der Waals surface area (Å²) in [6.07, 6.45) is 0.614. The van der Waals surface area contributed by atoms with Crippen molar-refractivity contribution in [3.05, 3.63) is 16.6 Å². The molecule has 0 spiro atoms. The van der Waals surface area contributed by atoms with Crippen LogP contribution >= 0.6 is 11.3 Å². The molecular weight excluding hydrogens is 250 g/mol. The highest BCUT2D eigenvalue weighted by atomic mass is 32.1. The van der Waals surface area contributed by atoms with Gasteiger partial charge in [0.25, 0.3) is 0 Å². The SMILES string of the molecule is CC(Cc1cscn1)C(=O)N(C)CC(=O)N(C)C. The van der Waals surface area contributed by atoms with Crippen LogP contribution in [0.15, 0.2) is 10.9 Å². The van der Waals surface area contributed by atoms with Crippen molar-refractivity contribution >= 4 is 23.2 Å². The van der Waals surface area contributed by atoms with E-state index < -0.39 is 0 Å². The molecule has 5 nitrogen and oxygen atoms in total. The number of aromatic nitrogens is 1. The summed E-state index contributed by atoms with van der Waals surface area (Å²) in [6.45, 7) is 1.98. The molecule has 6 heteroatoms. The summed E-state index contributed by atoms with van der Waals surface area (Å²) in [6, 6.07) is 0. The third kappa shape index (κ3) is 4.10. The van der Waals surface area contributed by atoms with Crippen molar-refractivity contribution in [2.24, 2.45) is 5.92 Å². The molecule has 0 saturated carbocycles. The van der Waals surface area contributed by atoms with E-state index in [0.717, 1.165) is 5.69 Å². The van der Waals surface area contributed by atoms with Gasteiger partial charge in [0.15, 0.2) is 0 Å². The number of nitrogens with zero attached hydrogens (tertiary/aromatic N) is 3. The van der Waals surface area contributed by atoms with Gasteiger partial charge >= 0.3 is 0 Å². The van der Waals surface area contributed by atoms with Crippen LogP contribution in [0.4, 0.5) is 0 Å². The largest absolute Gasteiger partial charge is 0.347 e. The molecule has 0 radical (unpaired) electrons. The number of amides is 2. The molecule has 2 amide bonds. The molecule has 0 aliphatic heterocycles. The van der Waals surface area contributed by atoms with Crippen LogP contribution in [0.1, 0.15) is 12.6 Å². The molecule has 0 N–H and O–H groups in total. The Hall–Kier alpha value is -1.43. The Balaban J connectivity index is 2.50. The summed E-state index contributed by atoms with van der Waals surface area (Å²) in [5.41, 5.74) is 2.68. The third-order valence-corrected chi connectivity index (χ3v) is 3.30. The van der Waals surface area contributed by atoms with E-state index in [1.54, 1.807) is 26.7 Å². The fourth-order valence-electron chi connectivity index (χ4n) is 1.54. The average Bonchev–Trinajstić information content (AvgIpc) is 2.80. The zero-order valence-electron chi connectivity index (χ0n) is 11.2. The second kappa shape index (κ2) is 6.49. The molecule has 1 unspecified atom stereocenters. The summed E-state index contributed by atoms with van der Waals surface area (Å²) in [5, 5.41) is 1.94.